The van der Waals surface area contributed by atoms with E-state index in [1.807, 2.05) is 65.7 Å². The molecule has 2 aliphatic rings. The normalized spacial score (nSPS) is 27.2. The molecule has 0 saturated heterocycles. The molecular weight excluding hydrogens is 372 g/mol. The molecule has 28 heavy (non-hydrogen) atoms. The van der Waals surface area contributed by atoms with Gasteiger partial charge in [0.25, 0.3) is 10.1 Å². The van der Waals surface area contributed by atoms with Gasteiger partial charge in [0.2, 0.25) is 0 Å². The van der Waals surface area contributed by atoms with Gasteiger partial charge in [-0.25, -0.2) is 5.01 Å². The summed E-state index contributed by atoms with van der Waals surface area (Å²) in [6.45, 7) is 4.24. The zero-order valence-electron chi connectivity index (χ0n) is 16.2. The first kappa shape index (κ1) is 19.2. The fourth-order valence-corrected chi connectivity index (χ4v) is 6.42. The van der Waals surface area contributed by atoms with Crippen molar-refractivity contribution in [3.8, 4) is 0 Å². The molecule has 0 amide bonds. The van der Waals surface area contributed by atoms with Crippen molar-refractivity contribution in [1.29, 1.82) is 0 Å². The maximum Gasteiger partial charge on any atom is 0.265 e. The minimum atomic E-state index is -4.12. The summed E-state index contributed by atoms with van der Waals surface area (Å²) < 4.78 is 33.5. The molecule has 0 aliphatic heterocycles. The Labute approximate surface area is 166 Å². The molecule has 1 N–H and O–H groups in total. The van der Waals surface area contributed by atoms with Gasteiger partial charge in [0, 0.05) is 11.1 Å². The third kappa shape index (κ3) is 3.14. The molecule has 0 unspecified atom stereocenters. The van der Waals surface area contributed by atoms with Gasteiger partial charge in [-0.15, -0.1) is 0 Å². The van der Waals surface area contributed by atoms with Crippen LogP contribution in [-0.2, 0) is 10.1 Å². The van der Waals surface area contributed by atoms with E-state index in [2.05, 4.69) is 13.8 Å². The summed E-state index contributed by atoms with van der Waals surface area (Å²) in [5.74, 6) is 0.112. The molecule has 0 heterocycles. The van der Waals surface area contributed by atoms with Crippen molar-refractivity contribution in [2.45, 2.75) is 33.1 Å². The van der Waals surface area contributed by atoms with Crippen molar-refractivity contribution >= 4 is 27.2 Å². The quantitative estimate of drug-likeness (QED) is 0.575. The number of rotatable bonds is 5. The van der Waals surface area contributed by atoms with Gasteiger partial charge >= 0.3 is 0 Å². The third-order valence-electron chi connectivity index (χ3n) is 6.82. The van der Waals surface area contributed by atoms with Crippen LogP contribution in [0.1, 0.15) is 33.1 Å². The minimum Gasteiger partial charge on any atom is -0.286 e. The van der Waals surface area contributed by atoms with Crippen LogP contribution in [0.4, 0.5) is 11.4 Å². The molecule has 2 atom stereocenters. The van der Waals surface area contributed by atoms with E-state index in [1.165, 1.54) is 0 Å². The van der Waals surface area contributed by atoms with E-state index in [0.29, 0.717) is 5.92 Å². The lowest BCUT2D eigenvalue weighted by atomic mass is 9.70. The van der Waals surface area contributed by atoms with E-state index in [0.717, 1.165) is 36.3 Å². The van der Waals surface area contributed by atoms with Crippen LogP contribution in [0.3, 0.4) is 0 Å². The highest BCUT2D eigenvalue weighted by Gasteiger charge is 2.64. The third-order valence-corrected chi connectivity index (χ3v) is 7.67. The summed E-state index contributed by atoms with van der Waals surface area (Å²) in [5.41, 5.74) is 1.86. The Bertz CT molecular complexity index is 947. The maximum absolute atomic E-state index is 11.9. The second-order valence-electron chi connectivity index (χ2n) is 8.50. The van der Waals surface area contributed by atoms with E-state index in [1.54, 1.807) is 0 Å². The average molecular weight is 399 g/mol. The van der Waals surface area contributed by atoms with E-state index in [9.17, 15) is 13.0 Å². The van der Waals surface area contributed by atoms with Crippen LogP contribution in [0, 0.1) is 16.7 Å². The smallest absolute Gasteiger partial charge is 0.265 e. The number of hydrazone groups is 1. The number of para-hydroxylation sites is 2. The van der Waals surface area contributed by atoms with Crippen LogP contribution < -0.4 is 5.01 Å². The van der Waals surface area contributed by atoms with Gasteiger partial charge in [-0.1, -0.05) is 50.2 Å². The fraction of sp³-hybridized carbons (Fsp3) is 0.409. The molecule has 0 aromatic heterocycles. The Morgan fingerprint density at radius 2 is 1.57 bits per heavy atom. The molecule has 2 fully saturated rings. The SMILES string of the molecule is CC1(C)[C@@H]2CC[C@@]1(CS(=O)(=O)O)/C(=N\N(c1ccccc1)c1ccccc1)C2. The molecule has 0 radical (unpaired) electrons. The van der Waals surface area contributed by atoms with Crippen molar-refractivity contribution in [1.82, 2.24) is 0 Å². The first-order valence-electron chi connectivity index (χ1n) is 9.66. The minimum absolute atomic E-state index is 0.222. The molecular formula is C22H26N2O3S. The van der Waals surface area contributed by atoms with Gasteiger partial charge in [0.15, 0.2) is 0 Å². The standard InChI is InChI=1S/C22H26N2O3S/c1-21(2)17-13-14-22(21,16-28(25,26)27)20(15-17)23-24(18-9-5-3-6-10-18)19-11-7-4-8-12-19/h3-12,17H,13-16H2,1-2H3,(H,25,26,27)/b23-20-/t17-,22-/m1/s1. The van der Waals surface area contributed by atoms with Gasteiger partial charge in [0.05, 0.1) is 17.1 Å². The van der Waals surface area contributed by atoms with E-state index >= 15 is 0 Å². The van der Waals surface area contributed by atoms with E-state index < -0.39 is 15.5 Å². The van der Waals surface area contributed by atoms with Crippen LogP contribution in [0.2, 0.25) is 0 Å². The average Bonchev–Trinajstić information content (AvgIpc) is 3.01. The predicted octanol–water partition coefficient (Wildman–Crippen LogP) is 4.89. The fourth-order valence-electron chi connectivity index (χ4n) is 5.11. The molecule has 2 bridgehead atoms. The van der Waals surface area contributed by atoms with Crippen molar-refractivity contribution in [2.24, 2.45) is 21.8 Å². The van der Waals surface area contributed by atoms with Gasteiger partial charge in [-0.05, 0) is 54.9 Å². The molecule has 2 aromatic rings. The molecule has 2 aliphatic carbocycles. The van der Waals surface area contributed by atoms with Crippen LogP contribution in [0.25, 0.3) is 0 Å². The second kappa shape index (κ2) is 6.71. The Balaban J connectivity index is 1.84. The lowest BCUT2D eigenvalue weighted by molar-refractivity contribution is 0.193. The Kier molecular flexibility index (Phi) is 4.59. The van der Waals surface area contributed by atoms with Gasteiger partial charge in [0.1, 0.15) is 0 Å². The number of hydrogen-bond acceptors (Lipinski definition) is 4. The molecule has 4 rings (SSSR count). The molecule has 2 aromatic carbocycles. The highest BCUT2D eigenvalue weighted by atomic mass is 32.2. The lowest BCUT2D eigenvalue weighted by Crippen LogP contribution is -2.42. The van der Waals surface area contributed by atoms with Crippen molar-refractivity contribution in [3.63, 3.8) is 0 Å². The summed E-state index contributed by atoms with van der Waals surface area (Å²) >= 11 is 0. The molecule has 5 nitrogen and oxygen atoms in total. The summed E-state index contributed by atoms with van der Waals surface area (Å²) in [6, 6.07) is 19.7. The van der Waals surface area contributed by atoms with E-state index in [-0.39, 0.29) is 11.2 Å². The van der Waals surface area contributed by atoms with Gasteiger partial charge in [-0.3, -0.25) is 4.55 Å². The predicted molar refractivity (Wildman–Crippen MR) is 112 cm³/mol. The Morgan fingerprint density at radius 3 is 2.04 bits per heavy atom. The topological polar surface area (TPSA) is 70.0 Å². The highest BCUT2D eigenvalue weighted by molar-refractivity contribution is 7.85. The summed E-state index contributed by atoms with van der Waals surface area (Å²) in [4.78, 5) is 0. The van der Waals surface area contributed by atoms with Crippen molar-refractivity contribution in [2.75, 3.05) is 10.8 Å². The van der Waals surface area contributed by atoms with Crippen molar-refractivity contribution in [3.05, 3.63) is 60.7 Å². The zero-order chi connectivity index (χ0) is 20.0. The molecule has 0 spiro atoms. The monoisotopic (exact) mass is 398 g/mol. The number of anilines is 2. The maximum atomic E-state index is 11.9. The van der Waals surface area contributed by atoms with Crippen molar-refractivity contribution < 1.29 is 13.0 Å². The first-order valence-corrected chi connectivity index (χ1v) is 11.3. The number of nitrogens with zero attached hydrogens (tertiary/aromatic N) is 2. The van der Waals surface area contributed by atoms with Gasteiger partial charge < -0.3 is 0 Å². The molecule has 6 heteroatoms. The van der Waals surface area contributed by atoms with Gasteiger partial charge in [-0.2, -0.15) is 13.5 Å². The Morgan fingerprint density at radius 1 is 1.04 bits per heavy atom. The largest absolute Gasteiger partial charge is 0.286 e. The summed E-state index contributed by atoms with van der Waals surface area (Å²) in [5, 5.41) is 6.91. The number of hydrogen-bond donors (Lipinski definition) is 1. The summed E-state index contributed by atoms with van der Waals surface area (Å²) in [6.07, 6.45) is 2.47. The highest BCUT2D eigenvalue weighted by Crippen LogP contribution is 2.64. The number of fused-ring (bicyclic) bond motifs is 2. The second-order valence-corrected chi connectivity index (χ2v) is 9.95. The number of benzene rings is 2. The summed E-state index contributed by atoms with van der Waals surface area (Å²) in [7, 11) is -4.12. The van der Waals surface area contributed by atoms with Crippen LogP contribution in [0.15, 0.2) is 65.8 Å². The Hall–Kier alpha value is -2.18. The van der Waals surface area contributed by atoms with Crippen LogP contribution >= 0.6 is 0 Å². The van der Waals surface area contributed by atoms with Crippen LogP contribution in [-0.4, -0.2) is 24.4 Å². The molecule has 2 saturated carbocycles. The van der Waals surface area contributed by atoms with Crippen LogP contribution in [0.5, 0.6) is 0 Å². The molecule has 148 valence electrons. The zero-order valence-corrected chi connectivity index (χ0v) is 17.1. The van der Waals surface area contributed by atoms with E-state index in [4.69, 9.17) is 5.10 Å². The lowest BCUT2D eigenvalue weighted by Gasteiger charge is -2.38. The first-order chi connectivity index (χ1) is 13.2.